The number of benzene rings is 1. The Balaban J connectivity index is 1.55. The third kappa shape index (κ3) is 2.96. The molecule has 0 radical (unpaired) electrons. The molecule has 3 aliphatic heterocycles. The van der Waals surface area contributed by atoms with E-state index in [0.717, 1.165) is 31.6 Å². The van der Waals surface area contributed by atoms with Gasteiger partial charge in [0.15, 0.2) is 0 Å². The first kappa shape index (κ1) is 14.2. The highest BCUT2D eigenvalue weighted by Gasteiger charge is 2.39. The number of fused-ring (bicyclic) bond motifs is 3. The first-order valence-corrected chi connectivity index (χ1v) is 7.72. The molecular formula is C18H22N2O. The van der Waals surface area contributed by atoms with Gasteiger partial charge in [-0.3, -0.25) is 9.69 Å². The number of nitrogens with zero attached hydrogens (tertiary/aromatic N) is 1. The third-order valence-corrected chi connectivity index (χ3v) is 4.90. The van der Waals surface area contributed by atoms with Crippen molar-refractivity contribution in [3.8, 4) is 12.3 Å². The van der Waals surface area contributed by atoms with Crippen molar-refractivity contribution in [2.24, 2.45) is 11.8 Å². The molecule has 3 heteroatoms. The van der Waals surface area contributed by atoms with E-state index in [4.69, 9.17) is 6.42 Å². The van der Waals surface area contributed by atoms with E-state index in [9.17, 15) is 4.79 Å². The van der Waals surface area contributed by atoms with Crippen molar-refractivity contribution in [2.45, 2.75) is 25.8 Å². The Morgan fingerprint density at radius 2 is 2.19 bits per heavy atom. The normalized spacial score (nSPS) is 30.7. The lowest BCUT2D eigenvalue weighted by atomic mass is 9.76. The average molecular weight is 282 g/mol. The van der Waals surface area contributed by atoms with Crippen LogP contribution < -0.4 is 5.32 Å². The standard InChI is InChI=1S/C18H22N2O/c1-3-14-12-20-9-8-16(14)10-17(20)11-19-18(21)15-6-4-13(2)5-7-15/h1,4-7,14,16-17H,8-12H2,2H3,(H,19,21). The van der Waals surface area contributed by atoms with Gasteiger partial charge in [0.2, 0.25) is 0 Å². The number of hydrogen-bond acceptors (Lipinski definition) is 2. The van der Waals surface area contributed by atoms with Gasteiger partial charge in [0.05, 0.1) is 0 Å². The molecule has 4 atom stereocenters. The predicted octanol–water partition coefficient (Wildman–Crippen LogP) is 2.07. The maximum Gasteiger partial charge on any atom is 0.251 e. The Morgan fingerprint density at radius 3 is 2.81 bits per heavy atom. The van der Waals surface area contributed by atoms with Crippen LogP contribution in [0.1, 0.15) is 28.8 Å². The summed E-state index contributed by atoms with van der Waals surface area (Å²) in [6.07, 6.45) is 7.92. The minimum atomic E-state index is 0.0196. The topological polar surface area (TPSA) is 32.3 Å². The Kier molecular flexibility index (Phi) is 3.98. The average Bonchev–Trinajstić information content (AvgIpc) is 2.53. The fourth-order valence-electron chi connectivity index (χ4n) is 3.56. The molecule has 0 aromatic heterocycles. The molecule has 3 saturated heterocycles. The smallest absolute Gasteiger partial charge is 0.251 e. The van der Waals surface area contributed by atoms with Crippen molar-refractivity contribution in [1.29, 1.82) is 0 Å². The molecule has 1 aromatic carbocycles. The minimum Gasteiger partial charge on any atom is -0.350 e. The fourth-order valence-corrected chi connectivity index (χ4v) is 3.56. The largest absolute Gasteiger partial charge is 0.350 e. The number of hydrogen-bond donors (Lipinski definition) is 1. The van der Waals surface area contributed by atoms with Gasteiger partial charge in [-0.2, -0.15) is 0 Å². The second kappa shape index (κ2) is 5.91. The molecule has 1 amide bonds. The zero-order valence-electron chi connectivity index (χ0n) is 12.5. The van der Waals surface area contributed by atoms with Gasteiger partial charge in [-0.05, 0) is 44.4 Å². The molecular weight excluding hydrogens is 260 g/mol. The Bertz CT molecular complexity index is 558. The second-order valence-corrected chi connectivity index (χ2v) is 6.28. The highest BCUT2D eigenvalue weighted by Crippen LogP contribution is 2.35. The molecule has 3 fully saturated rings. The van der Waals surface area contributed by atoms with Crippen LogP contribution in [0.5, 0.6) is 0 Å². The molecule has 2 bridgehead atoms. The van der Waals surface area contributed by atoms with E-state index in [1.54, 1.807) is 0 Å². The van der Waals surface area contributed by atoms with E-state index in [0.29, 0.717) is 17.9 Å². The van der Waals surface area contributed by atoms with Crippen molar-refractivity contribution in [1.82, 2.24) is 10.2 Å². The summed E-state index contributed by atoms with van der Waals surface area (Å²) in [6.45, 7) is 4.86. The number of carbonyl (C=O) groups excluding carboxylic acids is 1. The fraction of sp³-hybridized carbons (Fsp3) is 0.500. The number of piperidine rings is 3. The summed E-state index contributed by atoms with van der Waals surface area (Å²) >= 11 is 0. The summed E-state index contributed by atoms with van der Waals surface area (Å²) in [5, 5.41) is 3.07. The maximum atomic E-state index is 12.2. The van der Waals surface area contributed by atoms with E-state index in [1.165, 1.54) is 12.0 Å². The van der Waals surface area contributed by atoms with Gasteiger partial charge in [-0.25, -0.2) is 0 Å². The Labute approximate surface area is 126 Å². The van der Waals surface area contributed by atoms with Gasteiger partial charge < -0.3 is 5.32 Å². The highest BCUT2D eigenvalue weighted by molar-refractivity contribution is 5.94. The summed E-state index contributed by atoms with van der Waals surface area (Å²) in [7, 11) is 0. The third-order valence-electron chi connectivity index (χ3n) is 4.90. The van der Waals surface area contributed by atoms with Gasteiger partial charge >= 0.3 is 0 Å². The number of nitrogens with one attached hydrogen (secondary N) is 1. The molecule has 0 aliphatic carbocycles. The van der Waals surface area contributed by atoms with E-state index < -0.39 is 0 Å². The predicted molar refractivity (Wildman–Crippen MR) is 83.9 cm³/mol. The van der Waals surface area contributed by atoms with Crippen molar-refractivity contribution >= 4 is 5.91 Å². The molecule has 4 unspecified atom stereocenters. The monoisotopic (exact) mass is 282 g/mol. The number of aryl methyl sites for hydroxylation is 1. The van der Waals surface area contributed by atoms with Crippen LogP contribution in [0.4, 0.5) is 0 Å². The number of terminal acetylenes is 1. The number of carbonyl (C=O) groups is 1. The first-order chi connectivity index (χ1) is 10.2. The van der Waals surface area contributed by atoms with Crippen molar-refractivity contribution in [3.63, 3.8) is 0 Å². The number of rotatable bonds is 3. The summed E-state index contributed by atoms with van der Waals surface area (Å²) in [5.41, 5.74) is 1.90. The van der Waals surface area contributed by atoms with Gasteiger partial charge in [-0.1, -0.05) is 17.7 Å². The molecule has 21 heavy (non-hydrogen) atoms. The number of amides is 1. The van der Waals surface area contributed by atoms with Crippen LogP contribution in [0.15, 0.2) is 24.3 Å². The Hall–Kier alpha value is -1.79. The van der Waals surface area contributed by atoms with Crippen LogP contribution in [0, 0.1) is 31.1 Å². The van der Waals surface area contributed by atoms with Crippen molar-refractivity contribution in [2.75, 3.05) is 19.6 Å². The van der Waals surface area contributed by atoms with Crippen LogP contribution in [0.3, 0.4) is 0 Å². The van der Waals surface area contributed by atoms with Gasteiger partial charge in [0, 0.05) is 30.6 Å². The zero-order valence-corrected chi connectivity index (χ0v) is 12.5. The molecule has 110 valence electrons. The second-order valence-electron chi connectivity index (χ2n) is 6.28. The molecule has 4 rings (SSSR count). The van der Waals surface area contributed by atoms with Crippen LogP contribution in [0.2, 0.25) is 0 Å². The summed E-state index contributed by atoms with van der Waals surface area (Å²) in [5.74, 6) is 3.99. The summed E-state index contributed by atoms with van der Waals surface area (Å²) in [4.78, 5) is 14.6. The van der Waals surface area contributed by atoms with Crippen LogP contribution >= 0.6 is 0 Å². The molecule has 0 spiro atoms. The lowest BCUT2D eigenvalue weighted by Gasteiger charge is -2.48. The van der Waals surface area contributed by atoms with E-state index >= 15 is 0 Å². The molecule has 1 aromatic rings. The van der Waals surface area contributed by atoms with E-state index in [-0.39, 0.29) is 5.91 Å². The lowest BCUT2D eigenvalue weighted by Crippen LogP contribution is -2.56. The molecule has 3 aliphatic rings. The molecule has 0 saturated carbocycles. The zero-order chi connectivity index (χ0) is 14.8. The quantitative estimate of drug-likeness (QED) is 0.861. The summed E-state index contributed by atoms with van der Waals surface area (Å²) in [6, 6.07) is 8.15. The minimum absolute atomic E-state index is 0.0196. The maximum absolute atomic E-state index is 12.2. The van der Waals surface area contributed by atoms with Crippen molar-refractivity contribution in [3.05, 3.63) is 35.4 Å². The van der Waals surface area contributed by atoms with E-state index in [1.807, 2.05) is 31.2 Å². The van der Waals surface area contributed by atoms with Gasteiger partial charge in [-0.15, -0.1) is 12.3 Å². The first-order valence-electron chi connectivity index (χ1n) is 7.72. The molecule has 3 heterocycles. The molecule has 1 N–H and O–H groups in total. The highest BCUT2D eigenvalue weighted by atomic mass is 16.1. The Morgan fingerprint density at radius 1 is 1.43 bits per heavy atom. The van der Waals surface area contributed by atoms with Gasteiger partial charge in [0.1, 0.15) is 0 Å². The van der Waals surface area contributed by atoms with Gasteiger partial charge in [0.25, 0.3) is 5.91 Å². The van der Waals surface area contributed by atoms with Crippen molar-refractivity contribution < 1.29 is 4.79 Å². The van der Waals surface area contributed by atoms with Crippen LogP contribution in [-0.4, -0.2) is 36.5 Å². The SMILES string of the molecule is C#CC1CN2CCC1CC2CNC(=O)c1ccc(C)cc1. The lowest BCUT2D eigenvalue weighted by molar-refractivity contribution is 0.0227. The van der Waals surface area contributed by atoms with Crippen LogP contribution in [0.25, 0.3) is 0 Å². The molecule has 3 nitrogen and oxygen atoms in total. The van der Waals surface area contributed by atoms with E-state index in [2.05, 4.69) is 16.1 Å². The van der Waals surface area contributed by atoms with Crippen LogP contribution in [-0.2, 0) is 0 Å². The summed E-state index contributed by atoms with van der Waals surface area (Å²) < 4.78 is 0.